The van der Waals surface area contributed by atoms with E-state index in [9.17, 15) is 0 Å². The van der Waals surface area contributed by atoms with Crippen molar-refractivity contribution < 1.29 is 4.74 Å². The summed E-state index contributed by atoms with van der Waals surface area (Å²) in [6, 6.07) is 0.454. The molecule has 2 unspecified atom stereocenters. The van der Waals surface area contributed by atoms with E-state index in [4.69, 9.17) is 10.6 Å². The zero-order valence-corrected chi connectivity index (χ0v) is 10.2. The van der Waals surface area contributed by atoms with Crippen molar-refractivity contribution in [1.29, 1.82) is 0 Å². The van der Waals surface area contributed by atoms with Gasteiger partial charge >= 0.3 is 0 Å². The van der Waals surface area contributed by atoms with Crippen LogP contribution in [0.5, 0.6) is 0 Å². The van der Waals surface area contributed by atoms with Crippen molar-refractivity contribution >= 4 is 0 Å². The van der Waals surface area contributed by atoms with E-state index >= 15 is 0 Å². The lowest BCUT2D eigenvalue weighted by molar-refractivity contribution is 0.00824. The molecule has 1 aliphatic rings. The smallest absolute Gasteiger partial charge is 0.0575 e. The standard InChI is InChI=1S/C12H26N2O/c1-10(2)9-11(14-13)6-7-12-5-3-4-8-15-12/h10-12,14H,3-9,13H2,1-2H3. The molecule has 0 aromatic heterocycles. The maximum atomic E-state index is 5.71. The summed E-state index contributed by atoms with van der Waals surface area (Å²) in [5.41, 5.74) is 2.92. The van der Waals surface area contributed by atoms with Crippen LogP contribution in [0.15, 0.2) is 0 Å². The van der Waals surface area contributed by atoms with Crippen LogP contribution in [0, 0.1) is 5.92 Å². The van der Waals surface area contributed by atoms with E-state index in [-0.39, 0.29) is 0 Å². The molecule has 0 spiro atoms. The number of ether oxygens (including phenoxy) is 1. The van der Waals surface area contributed by atoms with Crippen LogP contribution < -0.4 is 11.3 Å². The second-order valence-corrected chi connectivity index (χ2v) is 5.06. The Kier molecular flexibility index (Phi) is 6.22. The van der Waals surface area contributed by atoms with E-state index in [2.05, 4.69) is 19.3 Å². The SMILES string of the molecule is CC(C)CC(CCC1CCCCO1)NN. The fraction of sp³-hybridized carbons (Fsp3) is 1.00. The van der Waals surface area contributed by atoms with E-state index in [0.717, 1.165) is 25.9 Å². The van der Waals surface area contributed by atoms with Gasteiger partial charge in [-0.05, 0) is 44.4 Å². The molecule has 3 N–H and O–H groups in total. The minimum atomic E-state index is 0.454. The second-order valence-electron chi connectivity index (χ2n) is 5.06. The number of hydrazine groups is 1. The lowest BCUT2D eigenvalue weighted by Gasteiger charge is -2.25. The minimum absolute atomic E-state index is 0.454. The summed E-state index contributed by atoms with van der Waals surface area (Å²) in [6.45, 7) is 5.43. The van der Waals surface area contributed by atoms with Crippen molar-refractivity contribution in [2.75, 3.05) is 6.61 Å². The average Bonchev–Trinajstić information content (AvgIpc) is 2.25. The van der Waals surface area contributed by atoms with Gasteiger partial charge in [-0.3, -0.25) is 11.3 Å². The molecule has 0 aliphatic carbocycles. The summed E-state index contributed by atoms with van der Waals surface area (Å²) in [7, 11) is 0. The van der Waals surface area contributed by atoms with Crippen LogP contribution in [-0.4, -0.2) is 18.8 Å². The lowest BCUT2D eigenvalue weighted by atomic mass is 9.96. The second kappa shape index (κ2) is 7.20. The Morgan fingerprint density at radius 2 is 2.20 bits per heavy atom. The predicted octanol–water partition coefficient (Wildman–Crippen LogP) is 2.21. The first-order valence-electron chi connectivity index (χ1n) is 6.30. The highest BCUT2D eigenvalue weighted by Gasteiger charge is 2.16. The lowest BCUT2D eigenvalue weighted by Crippen LogP contribution is -2.37. The van der Waals surface area contributed by atoms with Crippen molar-refractivity contribution in [3.8, 4) is 0 Å². The molecule has 0 bridgehead atoms. The van der Waals surface area contributed by atoms with Gasteiger partial charge in [0.15, 0.2) is 0 Å². The number of rotatable bonds is 6. The van der Waals surface area contributed by atoms with Gasteiger partial charge in [0.05, 0.1) is 6.10 Å². The third-order valence-corrected chi connectivity index (χ3v) is 3.10. The number of nitrogens with one attached hydrogen (secondary N) is 1. The predicted molar refractivity (Wildman–Crippen MR) is 63.4 cm³/mol. The summed E-state index contributed by atoms with van der Waals surface area (Å²) in [4.78, 5) is 0. The first-order chi connectivity index (χ1) is 7.22. The molecular weight excluding hydrogens is 188 g/mol. The molecule has 0 amide bonds. The fourth-order valence-electron chi connectivity index (χ4n) is 2.26. The van der Waals surface area contributed by atoms with Gasteiger partial charge in [-0.15, -0.1) is 0 Å². The third kappa shape index (κ3) is 5.50. The van der Waals surface area contributed by atoms with Gasteiger partial charge in [0.1, 0.15) is 0 Å². The molecule has 0 aromatic rings. The van der Waals surface area contributed by atoms with Crippen LogP contribution in [0.4, 0.5) is 0 Å². The molecule has 1 fully saturated rings. The highest BCUT2D eigenvalue weighted by atomic mass is 16.5. The fourth-order valence-corrected chi connectivity index (χ4v) is 2.26. The van der Waals surface area contributed by atoms with Crippen LogP contribution in [0.1, 0.15) is 52.4 Å². The summed E-state index contributed by atoms with van der Waals surface area (Å²) < 4.78 is 5.71. The molecule has 15 heavy (non-hydrogen) atoms. The Labute approximate surface area is 93.7 Å². The van der Waals surface area contributed by atoms with Gasteiger partial charge in [0.25, 0.3) is 0 Å². The Hall–Kier alpha value is -0.120. The Balaban J connectivity index is 2.14. The number of hydrogen-bond acceptors (Lipinski definition) is 3. The highest BCUT2D eigenvalue weighted by molar-refractivity contribution is 4.70. The van der Waals surface area contributed by atoms with Crippen LogP contribution in [0.2, 0.25) is 0 Å². The largest absolute Gasteiger partial charge is 0.378 e. The van der Waals surface area contributed by atoms with Gasteiger partial charge in [-0.1, -0.05) is 13.8 Å². The molecule has 1 saturated heterocycles. The normalized spacial score (nSPS) is 24.4. The van der Waals surface area contributed by atoms with Gasteiger partial charge in [-0.2, -0.15) is 0 Å². The summed E-state index contributed by atoms with van der Waals surface area (Å²) in [6.07, 6.45) is 7.74. The van der Waals surface area contributed by atoms with E-state index in [1.165, 1.54) is 19.3 Å². The Bertz CT molecular complexity index is 156. The first kappa shape index (κ1) is 12.9. The van der Waals surface area contributed by atoms with Gasteiger partial charge < -0.3 is 4.74 Å². The monoisotopic (exact) mass is 214 g/mol. The topological polar surface area (TPSA) is 47.3 Å². The zero-order valence-electron chi connectivity index (χ0n) is 10.2. The zero-order chi connectivity index (χ0) is 11.1. The van der Waals surface area contributed by atoms with Crippen molar-refractivity contribution in [2.24, 2.45) is 11.8 Å². The molecule has 1 heterocycles. The molecule has 90 valence electrons. The Morgan fingerprint density at radius 1 is 1.40 bits per heavy atom. The van der Waals surface area contributed by atoms with Crippen LogP contribution in [0.3, 0.4) is 0 Å². The van der Waals surface area contributed by atoms with Crippen molar-refractivity contribution in [3.05, 3.63) is 0 Å². The van der Waals surface area contributed by atoms with Crippen molar-refractivity contribution in [2.45, 2.75) is 64.5 Å². The van der Waals surface area contributed by atoms with Crippen molar-refractivity contribution in [3.63, 3.8) is 0 Å². The van der Waals surface area contributed by atoms with Crippen molar-refractivity contribution in [1.82, 2.24) is 5.43 Å². The molecule has 0 saturated carbocycles. The van der Waals surface area contributed by atoms with Crippen LogP contribution >= 0.6 is 0 Å². The number of hydrogen-bond donors (Lipinski definition) is 2. The van der Waals surface area contributed by atoms with E-state index in [1.54, 1.807) is 0 Å². The van der Waals surface area contributed by atoms with Gasteiger partial charge in [0.2, 0.25) is 0 Å². The first-order valence-corrected chi connectivity index (χ1v) is 6.30. The molecule has 3 nitrogen and oxygen atoms in total. The molecule has 0 aromatic carbocycles. The number of nitrogens with two attached hydrogens (primary N) is 1. The van der Waals surface area contributed by atoms with Gasteiger partial charge in [0, 0.05) is 12.6 Å². The maximum absolute atomic E-state index is 5.71. The summed E-state index contributed by atoms with van der Waals surface area (Å²) in [5, 5.41) is 0. The molecule has 2 atom stereocenters. The molecular formula is C12H26N2O. The van der Waals surface area contributed by atoms with Crippen LogP contribution in [0.25, 0.3) is 0 Å². The highest BCUT2D eigenvalue weighted by Crippen LogP contribution is 2.19. The molecule has 3 heteroatoms. The minimum Gasteiger partial charge on any atom is -0.378 e. The van der Waals surface area contributed by atoms with E-state index in [1.807, 2.05) is 0 Å². The van der Waals surface area contributed by atoms with Gasteiger partial charge in [-0.25, -0.2) is 0 Å². The average molecular weight is 214 g/mol. The summed E-state index contributed by atoms with van der Waals surface area (Å²) in [5.74, 6) is 6.25. The van der Waals surface area contributed by atoms with E-state index in [0.29, 0.717) is 18.1 Å². The maximum Gasteiger partial charge on any atom is 0.0575 e. The third-order valence-electron chi connectivity index (χ3n) is 3.10. The van der Waals surface area contributed by atoms with E-state index < -0.39 is 0 Å². The molecule has 0 radical (unpaired) electrons. The van der Waals surface area contributed by atoms with Crippen LogP contribution in [-0.2, 0) is 4.74 Å². The quantitative estimate of drug-likeness (QED) is 0.526. The molecule has 1 aliphatic heterocycles. The molecule has 1 rings (SSSR count). The summed E-state index contributed by atoms with van der Waals surface area (Å²) >= 11 is 0. The Morgan fingerprint density at radius 3 is 2.73 bits per heavy atom.